The predicted molar refractivity (Wildman–Crippen MR) is 80.0 cm³/mol. The fourth-order valence-electron chi connectivity index (χ4n) is 2.66. The second-order valence-corrected chi connectivity index (χ2v) is 5.55. The second-order valence-electron chi connectivity index (χ2n) is 5.55. The van der Waals surface area contributed by atoms with Crippen LogP contribution in [0.15, 0.2) is 18.2 Å². The minimum absolute atomic E-state index is 0.0326. The SMILES string of the molecule is CCCC[C@H](N)C(=O)N1CCc2ccc(C(=O)O)cc2C1. The number of fused-ring (bicyclic) bond motifs is 1. The van der Waals surface area contributed by atoms with Gasteiger partial charge in [0.15, 0.2) is 0 Å². The van der Waals surface area contributed by atoms with Gasteiger partial charge in [0.05, 0.1) is 11.6 Å². The van der Waals surface area contributed by atoms with Crippen LogP contribution in [0.2, 0.25) is 0 Å². The first-order chi connectivity index (χ1) is 10.0. The molecule has 5 nitrogen and oxygen atoms in total. The van der Waals surface area contributed by atoms with Crippen molar-refractivity contribution in [3.8, 4) is 0 Å². The van der Waals surface area contributed by atoms with E-state index < -0.39 is 12.0 Å². The van der Waals surface area contributed by atoms with Crippen molar-refractivity contribution < 1.29 is 14.7 Å². The number of hydrogen-bond donors (Lipinski definition) is 2. The molecule has 1 aromatic rings. The van der Waals surface area contributed by atoms with E-state index in [-0.39, 0.29) is 11.5 Å². The third-order valence-corrected chi connectivity index (χ3v) is 3.96. The van der Waals surface area contributed by atoms with Crippen molar-refractivity contribution in [2.75, 3.05) is 6.54 Å². The lowest BCUT2D eigenvalue weighted by Crippen LogP contribution is -2.45. The molecule has 1 aliphatic rings. The molecule has 0 radical (unpaired) electrons. The number of aromatic carboxylic acids is 1. The van der Waals surface area contributed by atoms with E-state index >= 15 is 0 Å². The van der Waals surface area contributed by atoms with Gasteiger partial charge in [-0.2, -0.15) is 0 Å². The summed E-state index contributed by atoms with van der Waals surface area (Å²) in [4.78, 5) is 25.1. The van der Waals surface area contributed by atoms with Crippen molar-refractivity contribution >= 4 is 11.9 Å². The Bertz CT molecular complexity index is 542. The topological polar surface area (TPSA) is 83.6 Å². The van der Waals surface area contributed by atoms with Crippen LogP contribution in [0.25, 0.3) is 0 Å². The number of benzene rings is 1. The van der Waals surface area contributed by atoms with Gasteiger partial charge in [0.25, 0.3) is 0 Å². The van der Waals surface area contributed by atoms with E-state index in [1.165, 1.54) is 0 Å². The molecule has 114 valence electrons. The fourth-order valence-corrected chi connectivity index (χ4v) is 2.66. The summed E-state index contributed by atoms with van der Waals surface area (Å²) in [7, 11) is 0. The van der Waals surface area contributed by atoms with E-state index in [0.717, 1.165) is 30.4 Å². The van der Waals surface area contributed by atoms with Crippen LogP contribution in [0.1, 0.15) is 47.7 Å². The van der Waals surface area contributed by atoms with Gasteiger partial charge in [-0.05, 0) is 36.1 Å². The predicted octanol–water partition coefficient (Wildman–Crippen LogP) is 1.79. The number of nitrogens with zero attached hydrogens (tertiary/aromatic N) is 1. The third-order valence-electron chi connectivity index (χ3n) is 3.96. The van der Waals surface area contributed by atoms with Gasteiger partial charge in [0.1, 0.15) is 0 Å². The van der Waals surface area contributed by atoms with E-state index in [4.69, 9.17) is 10.8 Å². The lowest BCUT2D eigenvalue weighted by atomic mass is 9.96. The van der Waals surface area contributed by atoms with Gasteiger partial charge in [-0.3, -0.25) is 4.79 Å². The Morgan fingerprint density at radius 3 is 2.81 bits per heavy atom. The number of carbonyl (C=O) groups is 2. The molecule has 1 amide bonds. The highest BCUT2D eigenvalue weighted by Crippen LogP contribution is 2.21. The summed E-state index contributed by atoms with van der Waals surface area (Å²) in [5.74, 6) is -0.976. The van der Waals surface area contributed by atoms with Crippen LogP contribution >= 0.6 is 0 Å². The molecule has 0 aromatic heterocycles. The summed E-state index contributed by atoms with van der Waals surface area (Å²) in [6.07, 6.45) is 3.42. The Hall–Kier alpha value is -1.88. The average Bonchev–Trinajstić information content (AvgIpc) is 2.50. The van der Waals surface area contributed by atoms with E-state index in [0.29, 0.717) is 19.5 Å². The Morgan fingerprint density at radius 1 is 1.38 bits per heavy atom. The molecule has 0 unspecified atom stereocenters. The number of nitrogens with two attached hydrogens (primary N) is 1. The zero-order valence-corrected chi connectivity index (χ0v) is 12.3. The largest absolute Gasteiger partial charge is 0.478 e. The van der Waals surface area contributed by atoms with Crippen LogP contribution in [0.4, 0.5) is 0 Å². The highest BCUT2D eigenvalue weighted by molar-refractivity contribution is 5.88. The van der Waals surface area contributed by atoms with Gasteiger partial charge >= 0.3 is 5.97 Å². The zero-order chi connectivity index (χ0) is 15.4. The van der Waals surface area contributed by atoms with Crippen LogP contribution in [0.3, 0.4) is 0 Å². The second kappa shape index (κ2) is 6.72. The molecule has 0 spiro atoms. The molecule has 1 aromatic carbocycles. The number of unbranched alkanes of at least 4 members (excludes halogenated alkanes) is 1. The molecular weight excluding hydrogens is 268 g/mol. The molecule has 1 atom stereocenters. The van der Waals surface area contributed by atoms with Crippen LogP contribution in [-0.4, -0.2) is 34.5 Å². The smallest absolute Gasteiger partial charge is 0.335 e. The lowest BCUT2D eigenvalue weighted by Gasteiger charge is -2.31. The Morgan fingerprint density at radius 2 is 2.14 bits per heavy atom. The van der Waals surface area contributed by atoms with Crippen molar-refractivity contribution in [2.24, 2.45) is 5.73 Å². The van der Waals surface area contributed by atoms with Crippen molar-refractivity contribution in [1.82, 2.24) is 4.90 Å². The maximum absolute atomic E-state index is 12.3. The van der Waals surface area contributed by atoms with Crippen molar-refractivity contribution in [3.05, 3.63) is 34.9 Å². The summed E-state index contributed by atoms with van der Waals surface area (Å²) in [5, 5.41) is 9.05. The molecule has 0 saturated heterocycles. The standard InChI is InChI=1S/C16H22N2O3/c1-2-3-4-14(17)15(19)18-8-7-11-5-6-12(16(20)21)9-13(11)10-18/h5-6,9,14H,2-4,7-8,10,17H2,1H3,(H,20,21)/t14-/m0/s1. The minimum atomic E-state index is -0.944. The Kier molecular flexibility index (Phi) is 4.96. The van der Waals surface area contributed by atoms with Gasteiger partial charge in [-0.1, -0.05) is 25.8 Å². The van der Waals surface area contributed by atoms with Crippen LogP contribution in [0, 0.1) is 0 Å². The maximum Gasteiger partial charge on any atom is 0.335 e. The van der Waals surface area contributed by atoms with Crippen molar-refractivity contribution in [2.45, 2.75) is 45.2 Å². The summed E-state index contributed by atoms with van der Waals surface area (Å²) in [6, 6.07) is 4.67. The highest BCUT2D eigenvalue weighted by atomic mass is 16.4. The average molecular weight is 290 g/mol. The normalized spacial score (nSPS) is 15.4. The number of amides is 1. The molecular formula is C16H22N2O3. The van der Waals surface area contributed by atoms with E-state index in [2.05, 4.69) is 6.92 Å². The molecule has 0 aliphatic carbocycles. The number of carboxylic acids is 1. The lowest BCUT2D eigenvalue weighted by molar-refractivity contribution is -0.133. The zero-order valence-electron chi connectivity index (χ0n) is 12.3. The molecule has 5 heteroatoms. The summed E-state index contributed by atoms with van der Waals surface area (Å²) in [5.41, 5.74) is 8.24. The summed E-state index contributed by atoms with van der Waals surface area (Å²) >= 11 is 0. The van der Waals surface area contributed by atoms with Crippen LogP contribution in [0.5, 0.6) is 0 Å². The van der Waals surface area contributed by atoms with Gasteiger partial charge in [0, 0.05) is 13.1 Å². The summed E-state index contributed by atoms with van der Waals surface area (Å²) < 4.78 is 0. The van der Waals surface area contributed by atoms with Gasteiger partial charge < -0.3 is 15.7 Å². The van der Waals surface area contributed by atoms with E-state index in [1.807, 2.05) is 6.07 Å². The van der Waals surface area contributed by atoms with Gasteiger partial charge in [-0.15, -0.1) is 0 Å². The third kappa shape index (κ3) is 3.61. The monoisotopic (exact) mass is 290 g/mol. The first kappa shape index (κ1) is 15.5. The van der Waals surface area contributed by atoms with Crippen molar-refractivity contribution in [1.29, 1.82) is 0 Å². The van der Waals surface area contributed by atoms with E-state index in [9.17, 15) is 9.59 Å². The van der Waals surface area contributed by atoms with Crippen molar-refractivity contribution in [3.63, 3.8) is 0 Å². The molecule has 2 rings (SSSR count). The number of carboxylic acid groups (broad SMARTS) is 1. The molecule has 3 N–H and O–H groups in total. The Balaban J connectivity index is 2.09. The van der Waals surface area contributed by atoms with E-state index in [1.54, 1.807) is 17.0 Å². The van der Waals surface area contributed by atoms with Crippen LogP contribution < -0.4 is 5.73 Å². The number of carbonyl (C=O) groups excluding carboxylic acids is 1. The molecule has 0 saturated carbocycles. The maximum atomic E-state index is 12.3. The molecule has 21 heavy (non-hydrogen) atoms. The number of rotatable bonds is 5. The molecule has 0 bridgehead atoms. The van der Waals surface area contributed by atoms with Gasteiger partial charge in [-0.25, -0.2) is 4.79 Å². The molecule has 1 heterocycles. The fraction of sp³-hybridized carbons (Fsp3) is 0.500. The Labute approximate surface area is 124 Å². The van der Waals surface area contributed by atoms with Gasteiger partial charge in [0.2, 0.25) is 5.91 Å². The molecule has 1 aliphatic heterocycles. The number of hydrogen-bond acceptors (Lipinski definition) is 3. The minimum Gasteiger partial charge on any atom is -0.478 e. The highest BCUT2D eigenvalue weighted by Gasteiger charge is 2.25. The molecule has 0 fully saturated rings. The van der Waals surface area contributed by atoms with Crippen LogP contribution in [-0.2, 0) is 17.8 Å². The quantitative estimate of drug-likeness (QED) is 0.866. The summed E-state index contributed by atoms with van der Waals surface area (Å²) in [6.45, 7) is 3.18. The first-order valence-electron chi connectivity index (χ1n) is 7.42. The first-order valence-corrected chi connectivity index (χ1v) is 7.42.